The molecule has 0 atom stereocenters. The Kier molecular flexibility index (Phi) is 4.39. The van der Waals surface area contributed by atoms with Crippen LogP contribution in [0.1, 0.15) is 0 Å². The van der Waals surface area contributed by atoms with Crippen molar-refractivity contribution in [1.82, 2.24) is 23.5 Å². The summed E-state index contributed by atoms with van der Waals surface area (Å²) in [5.74, 6) is 0. The van der Waals surface area contributed by atoms with Crippen molar-refractivity contribution >= 4 is 70.9 Å². The number of hydrogen-bond acceptors (Lipinski definition) is 2. The highest BCUT2D eigenvalue weighted by atomic mass is 15.0. The summed E-state index contributed by atoms with van der Waals surface area (Å²) in [7, 11) is 0. The van der Waals surface area contributed by atoms with Gasteiger partial charge in [-0.05, 0) is 60.7 Å². The molecule has 10 rings (SSSR count). The first-order valence-corrected chi connectivity index (χ1v) is 14.5. The van der Waals surface area contributed by atoms with Gasteiger partial charge in [0.05, 0.1) is 27.6 Å². The maximum atomic E-state index is 4.72. The van der Waals surface area contributed by atoms with Gasteiger partial charge in [0.1, 0.15) is 5.65 Å². The first-order chi connectivity index (χ1) is 21.3. The van der Waals surface area contributed by atoms with E-state index in [4.69, 9.17) is 4.98 Å². The van der Waals surface area contributed by atoms with Crippen molar-refractivity contribution in [3.05, 3.63) is 140 Å². The van der Waals surface area contributed by atoms with E-state index in [-0.39, 0.29) is 0 Å². The van der Waals surface area contributed by atoms with Crippen LogP contribution in [0.15, 0.2) is 140 Å². The molecule has 0 unspecified atom stereocenters. The lowest BCUT2D eigenvalue weighted by Gasteiger charge is -2.11. The molecule has 10 aromatic rings. The molecule has 0 saturated carbocycles. The molecule has 43 heavy (non-hydrogen) atoms. The molecule has 0 saturated heterocycles. The van der Waals surface area contributed by atoms with Gasteiger partial charge in [-0.1, -0.05) is 54.6 Å². The number of pyridine rings is 2. The summed E-state index contributed by atoms with van der Waals surface area (Å²) in [5.41, 5.74) is 9.10. The molecule has 0 radical (unpaired) electrons. The SMILES string of the molecule is c1ccc(-n2c3ccccc3c3cc4c(cc32)c2cc3c5cnccc5c5nccn5c3cc2n4-c2ccccc2)cc1. The second-order valence-corrected chi connectivity index (χ2v) is 11.2. The molecule has 0 N–H and O–H groups in total. The largest absolute Gasteiger partial charge is 0.309 e. The highest BCUT2D eigenvalue weighted by molar-refractivity contribution is 6.23. The van der Waals surface area contributed by atoms with Crippen molar-refractivity contribution in [3.63, 3.8) is 0 Å². The van der Waals surface area contributed by atoms with Crippen LogP contribution in [0.2, 0.25) is 0 Å². The Hall–Kier alpha value is -5.94. The van der Waals surface area contributed by atoms with E-state index < -0.39 is 0 Å². The third-order valence-corrected chi connectivity index (χ3v) is 8.96. The van der Waals surface area contributed by atoms with Crippen LogP contribution in [0.4, 0.5) is 0 Å². The molecule has 200 valence electrons. The van der Waals surface area contributed by atoms with Crippen LogP contribution in [0.3, 0.4) is 0 Å². The van der Waals surface area contributed by atoms with Crippen molar-refractivity contribution in [2.45, 2.75) is 0 Å². The fraction of sp³-hybridized carbons (Fsp3) is 0. The van der Waals surface area contributed by atoms with Gasteiger partial charge in [0, 0.05) is 73.9 Å². The third kappa shape index (κ3) is 3.00. The summed E-state index contributed by atoms with van der Waals surface area (Å²) < 4.78 is 7.01. The van der Waals surface area contributed by atoms with E-state index in [0.29, 0.717) is 0 Å². The number of nitrogens with zero attached hydrogens (tertiary/aromatic N) is 5. The van der Waals surface area contributed by atoms with Gasteiger partial charge in [0.2, 0.25) is 0 Å². The predicted octanol–water partition coefficient (Wildman–Crippen LogP) is 9.23. The van der Waals surface area contributed by atoms with Gasteiger partial charge in [-0.3, -0.25) is 9.38 Å². The molecular weight excluding hydrogens is 526 g/mol. The summed E-state index contributed by atoms with van der Waals surface area (Å²) in [6, 6.07) is 41.6. The third-order valence-electron chi connectivity index (χ3n) is 8.96. The minimum Gasteiger partial charge on any atom is -0.309 e. The predicted molar refractivity (Wildman–Crippen MR) is 177 cm³/mol. The van der Waals surface area contributed by atoms with Gasteiger partial charge in [-0.2, -0.15) is 0 Å². The summed E-state index contributed by atoms with van der Waals surface area (Å²) in [5, 5.41) is 8.29. The molecule has 0 aliphatic carbocycles. The standard InChI is InChI=1S/C38H23N5/c1-3-9-24(10-4-1)42-33-14-8-7-13-26(33)30-20-36-31(21-35(30)42)28-19-29-32-23-39-16-15-27(32)38-40-17-18-41(38)34(29)22-37(28)43(36)25-11-5-2-6-12-25/h1-23H. The Morgan fingerprint density at radius 3 is 1.79 bits per heavy atom. The molecule has 5 nitrogen and oxygen atoms in total. The van der Waals surface area contributed by atoms with Gasteiger partial charge in [0.15, 0.2) is 0 Å². The lowest BCUT2D eigenvalue weighted by atomic mass is 10.0. The zero-order valence-corrected chi connectivity index (χ0v) is 23.0. The molecule has 0 amide bonds. The van der Waals surface area contributed by atoms with Crippen LogP contribution < -0.4 is 0 Å². The Morgan fingerprint density at radius 1 is 0.419 bits per heavy atom. The number of fused-ring (bicyclic) bond motifs is 12. The maximum Gasteiger partial charge on any atom is 0.145 e. The molecule has 5 aromatic heterocycles. The van der Waals surface area contributed by atoms with Crippen molar-refractivity contribution in [1.29, 1.82) is 0 Å². The molecule has 0 spiro atoms. The van der Waals surface area contributed by atoms with Gasteiger partial charge in [-0.15, -0.1) is 0 Å². The van der Waals surface area contributed by atoms with E-state index in [0.717, 1.165) is 44.2 Å². The van der Waals surface area contributed by atoms with Crippen molar-refractivity contribution in [3.8, 4) is 11.4 Å². The lowest BCUT2D eigenvalue weighted by Crippen LogP contribution is -1.95. The molecule has 0 fully saturated rings. The van der Waals surface area contributed by atoms with E-state index in [1.165, 1.54) is 38.1 Å². The molecule has 0 aliphatic rings. The number of aromatic nitrogens is 5. The smallest absolute Gasteiger partial charge is 0.145 e. The zero-order chi connectivity index (χ0) is 28.1. The number of hydrogen-bond donors (Lipinski definition) is 0. The number of rotatable bonds is 2. The Balaban J connectivity index is 1.45. The van der Waals surface area contributed by atoms with Crippen LogP contribution in [0, 0.1) is 0 Å². The summed E-state index contributed by atoms with van der Waals surface area (Å²) in [6.07, 6.45) is 7.76. The monoisotopic (exact) mass is 549 g/mol. The van der Waals surface area contributed by atoms with Gasteiger partial charge < -0.3 is 9.13 Å². The number of benzene rings is 5. The summed E-state index contributed by atoms with van der Waals surface area (Å²) >= 11 is 0. The molecule has 0 bridgehead atoms. The molecule has 0 aliphatic heterocycles. The molecule has 5 heteroatoms. The van der Waals surface area contributed by atoms with Gasteiger partial charge >= 0.3 is 0 Å². The fourth-order valence-corrected chi connectivity index (χ4v) is 7.14. The normalized spacial score (nSPS) is 12.2. The Labute approximate surface area is 245 Å². The zero-order valence-electron chi connectivity index (χ0n) is 23.0. The van der Waals surface area contributed by atoms with E-state index >= 15 is 0 Å². The first kappa shape index (κ1) is 22.7. The van der Waals surface area contributed by atoms with E-state index in [9.17, 15) is 0 Å². The van der Waals surface area contributed by atoms with E-state index in [2.05, 4.69) is 140 Å². The van der Waals surface area contributed by atoms with Crippen molar-refractivity contribution in [2.75, 3.05) is 0 Å². The molecule has 5 heterocycles. The average Bonchev–Trinajstić information content (AvgIpc) is 3.77. The highest BCUT2D eigenvalue weighted by Crippen LogP contribution is 2.41. The maximum absolute atomic E-state index is 4.72. The second kappa shape index (κ2) is 8.30. The van der Waals surface area contributed by atoms with Crippen molar-refractivity contribution in [2.24, 2.45) is 0 Å². The summed E-state index contributed by atoms with van der Waals surface area (Å²) in [6.45, 7) is 0. The van der Waals surface area contributed by atoms with Crippen LogP contribution >= 0.6 is 0 Å². The highest BCUT2D eigenvalue weighted by Gasteiger charge is 2.20. The second-order valence-electron chi connectivity index (χ2n) is 11.2. The van der Waals surface area contributed by atoms with Gasteiger partial charge in [-0.25, -0.2) is 4.98 Å². The Morgan fingerprint density at radius 2 is 1.02 bits per heavy atom. The van der Waals surface area contributed by atoms with E-state index in [1.807, 2.05) is 18.6 Å². The summed E-state index contributed by atoms with van der Waals surface area (Å²) in [4.78, 5) is 9.24. The quantitative estimate of drug-likeness (QED) is 0.202. The fourth-order valence-electron chi connectivity index (χ4n) is 7.14. The molecular formula is C38H23N5. The first-order valence-electron chi connectivity index (χ1n) is 14.5. The van der Waals surface area contributed by atoms with Crippen LogP contribution in [-0.4, -0.2) is 23.5 Å². The minimum absolute atomic E-state index is 0.945. The Bertz CT molecular complexity index is 2710. The topological polar surface area (TPSA) is 40.1 Å². The van der Waals surface area contributed by atoms with Gasteiger partial charge in [0.25, 0.3) is 0 Å². The van der Waals surface area contributed by atoms with E-state index in [1.54, 1.807) is 0 Å². The van der Waals surface area contributed by atoms with Crippen LogP contribution in [-0.2, 0) is 0 Å². The van der Waals surface area contributed by atoms with Crippen LogP contribution in [0.25, 0.3) is 82.3 Å². The minimum atomic E-state index is 0.945. The lowest BCUT2D eigenvalue weighted by molar-refractivity contribution is 1.17. The molecule has 5 aromatic carbocycles. The number of imidazole rings is 1. The van der Waals surface area contributed by atoms with Crippen LogP contribution in [0.5, 0.6) is 0 Å². The number of para-hydroxylation sites is 3. The van der Waals surface area contributed by atoms with Crippen molar-refractivity contribution < 1.29 is 0 Å². The average molecular weight is 550 g/mol.